The Labute approximate surface area is 106 Å². The second-order valence-electron chi connectivity index (χ2n) is 4.34. The molecule has 1 aromatic heterocycles. The van der Waals surface area contributed by atoms with E-state index in [2.05, 4.69) is 4.98 Å². The number of halogens is 1. The van der Waals surface area contributed by atoms with Gasteiger partial charge >= 0.3 is 0 Å². The van der Waals surface area contributed by atoms with Crippen LogP contribution in [-0.2, 0) is 10.0 Å². The van der Waals surface area contributed by atoms with Crippen LogP contribution in [0.5, 0.6) is 0 Å². The quantitative estimate of drug-likeness (QED) is 0.880. The molecule has 0 amide bonds. The normalized spacial score (nSPS) is 22.0. The molecule has 0 bridgehead atoms. The summed E-state index contributed by atoms with van der Waals surface area (Å²) < 4.78 is 39.2. The molecule has 1 aliphatic rings. The van der Waals surface area contributed by atoms with Gasteiger partial charge in [0.2, 0.25) is 10.0 Å². The second-order valence-corrected chi connectivity index (χ2v) is 6.23. The zero-order valence-electron chi connectivity index (χ0n) is 9.92. The van der Waals surface area contributed by atoms with Crippen LogP contribution < -0.4 is 5.73 Å². The highest BCUT2D eigenvalue weighted by Gasteiger charge is 2.32. The van der Waals surface area contributed by atoms with Crippen molar-refractivity contribution in [2.75, 3.05) is 13.1 Å². The first kappa shape index (κ1) is 13.4. The minimum atomic E-state index is -3.69. The third-order valence-electron chi connectivity index (χ3n) is 3.13. The summed E-state index contributed by atoms with van der Waals surface area (Å²) in [6.45, 7) is 0.711. The number of aromatic nitrogens is 1. The molecule has 18 heavy (non-hydrogen) atoms. The van der Waals surface area contributed by atoms with Crippen LogP contribution in [0.15, 0.2) is 23.4 Å². The van der Waals surface area contributed by atoms with Gasteiger partial charge in [0.15, 0.2) is 0 Å². The van der Waals surface area contributed by atoms with Crippen molar-refractivity contribution in [1.29, 1.82) is 0 Å². The van der Waals surface area contributed by atoms with Gasteiger partial charge in [0.1, 0.15) is 10.7 Å². The molecule has 1 fully saturated rings. The Balaban J connectivity index is 2.35. The van der Waals surface area contributed by atoms with E-state index in [9.17, 15) is 12.8 Å². The summed E-state index contributed by atoms with van der Waals surface area (Å²) in [6, 6.07) is 0.789. The molecule has 2 heterocycles. The van der Waals surface area contributed by atoms with Crippen molar-refractivity contribution in [1.82, 2.24) is 9.29 Å². The van der Waals surface area contributed by atoms with Crippen LogP contribution in [0.1, 0.15) is 19.3 Å². The van der Waals surface area contributed by atoms with Crippen LogP contribution in [-0.4, -0.2) is 36.8 Å². The smallest absolute Gasteiger partial charge is 0.245 e. The molecule has 0 saturated carbocycles. The van der Waals surface area contributed by atoms with E-state index < -0.39 is 15.8 Å². The topological polar surface area (TPSA) is 76.3 Å². The van der Waals surface area contributed by atoms with Crippen molar-refractivity contribution in [2.24, 2.45) is 5.73 Å². The van der Waals surface area contributed by atoms with Gasteiger partial charge in [0.05, 0.1) is 6.20 Å². The molecule has 1 atom stereocenters. The second kappa shape index (κ2) is 5.29. The zero-order valence-corrected chi connectivity index (χ0v) is 10.7. The fraction of sp³-hybridized carbons (Fsp3) is 0.545. The fourth-order valence-corrected chi connectivity index (χ4v) is 3.87. The highest BCUT2D eigenvalue weighted by molar-refractivity contribution is 7.89. The lowest BCUT2D eigenvalue weighted by molar-refractivity contribution is 0.257. The lowest BCUT2D eigenvalue weighted by Crippen LogP contribution is -2.47. The van der Waals surface area contributed by atoms with Crippen molar-refractivity contribution >= 4 is 10.0 Å². The van der Waals surface area contributed by atoms with Crippen molar-refractivity contribution in [3.05, 3.63) is 24.3 Å². The first-order valence-electron chi connectivity index (χ1n) is 5.88. The molecule has 2 N–H and O–H groups in total. The lowest BCUT2D eigenvalue weighted by Gasteiger charge is -2.33. The maximum atomic E-state index is 13.1. The summed E-state index contributed by atoms with van der Waals surface area (Å²) in [5.74, 6) is -0.655. The average molecular weight is 273 g/mol. The van der Waals surface area contributed by atoms with Gasteiger partial charge in [-0.3, -0.25) is 4.98 Å². The third kappa shape index (κ3) is 2.52. The van der Waals surface area contributed by atoms with E-state index in [1.165, 1.54) is 10.5 Å². The van der Waals surface area contributed by atoms with E-state index in [1.54, 1.807) is 0 Å². The number of nitrogens with two attached hydrogens (primary N) is 1. The molecule has 100 valence electrons. The Morgan fingerprint density at radius 3 is 2.89 bits per heavy atom. The Bertz CT molecular complexity index is 521. The van der Waals surface area contributed by atoms with E-state index in [0.29, 0.717) is 6.54 Å². The summed E-state index contributed by atoms with van der Waals surface area (Å²) in [5.41, 5.74) is 5.60. The first-order chi connectivity index (χ1) is 8.55. The summed E-state index contributed by atoms with van der Waals surface area (Å²) in [6.07, 6.45) is 4.67. The number of sulfonamides is 1. The van der Waals surface area contributed by atoms with E-state index in [-0.39, 0.29) is 17.5 Å². The largest absolute Gasteiger partial charge is 0.329 e. The van der Waals surface area contributed by atoms with Gasteiger partial charge in [-0.05, 0) is 18.9 Å². The molecular formula is C11H16FN3O2S. The minimum Gasteiger partial charge on any atom is -0.329 e. The Hall–Kier alpha value is -1.05. The Morgan fingerprint density at radius 1 is 1.44 bits per heavy atom. The van der Waals surface area contributed by atoms with Gasteiger partial charge in [-0.1, -0.05) is 6.42 Å². The molecule has 0 radical (unpaired) electrons. The molecule has 7 heteroatoms. The highest BCUT2D eigenvalue weighted by Crippen LogP contribution is 2.24. The van der Waals surface area contributed by atoms with Crippen LogP contribution >= 0.6 is 0 Å². The van der Waals surface area contributed by atoms with Crippen molar-refractivity contribution in [3.63, 3.8) is 0 Å². The maximum Gasteiger partial charge on any atom is 0.245 e. The van der Waals surface area contributed by atoms with E-state index in [1.807, 2.05) is 0 Å². The highest BCUT2D eigenvalue weighted by atomic mass is 32.2. The average Bonchev–Trinajstić information content (AvgIpc) is 2.38. The third-order valence-corrected chi connectivity index (χ3v) is 5.05. The number of hydrogen-bond donors (Lipinski definition) is 1. The molecule has 1 unspecified atom stereocenters. The van der Waals surface area contributed by atoms with Crippen LogP contribution in [0.3, 0.4) is 0 Å². The monoisotopic (exact) mass is 273 g/mol. The number of piperidine rings is 1. The molecule has 0 aromatic carbocycles. The van der Waals surface area contributed by atoms with Crippen molar-refractivity contribution < 1.29 is 12.8 Å². The molecule has 1 aliphatic heterocycles. The number of rotatable bonds is 3. The Morgan fingerprint density at radius 2 is 2.22 bits per heavy atom. The van der Waals surface area contributed by atoms with Gasteiger partial charge in [-0.15, -0.1) is 0 Å². The predicted octanol–water partition coefficient (Wildman–Crippen LogP) is 0.723. The van der Waals surface area contributed by atoms with E-state index >= 15 is 0 Å². The van der Waals surface area contributed by atoms with E-state index in [4.69, 9.17) is 5.73 Å². The fourth-order valence-electron chi connectivity index (χ4n) is 2.19. The van der Waals surface area contributed by atoms with Crippen LogP contribution in [0.2, 0.25) is 0 Å². The van der Waals surface area contributed by atoms with Gasteiger partial charge in [0, 0.05) is 25.3 Å². The SMILES string of the molecule is NCC1CCCCN1S(=O)(=O)c1cncc(F)c1. The maximum absolute atomic E-state index is 13.1. The molecule has 1 saturated heterocycles. The zero-order chi connectivity index (χ0) is 13.2. The number of pyridine rings is 1. The van der Waals surface area contributed by atoms with E-state index in [0.717, 1.165) is 31.5 Å². The van der Waals surface area contributed by atoms with Gasteiger partial charge in [0.25, 0.3) is 0 Å². The molecule has 2 rings (SSSR count). The first-order valence-corrected chi connectivity index (χ1v) is 7.32. The summed E-state index contributed by atoms with van der Waals surface area (Å²) in [7, 11) is -3.69. The number of hydrogen-bond acceptors (Lipinski definition) is 4. The number of nitrogens with zero attached hydrogens (tertiary/aromatic N) is 2. The van der Waals surface area contributed by atoms with Gasteiger partial charge in [-0.2, -0.15) is 4.31 Å². The van der Waals surface area contributed by atoms with Gasteiger partial charge in [-0.25, -0.2) is 12.8 Å². The lowest BCUT2D eigenvalue weighted by atomic mass is 10.1. The molecule has 1 aromatic rings. The molecule has 0 spiro atoms. The minimum absolute atomic E-state index is 0.108. The summed E-state index contributed by atoms with van der Waals surface area (Å²) in [4.78, 5) is 3.48. The summed E-state index contributed by atoms with van der Waals surface area (Å²) in [5, 5.41) is 0. The van der Waals surface area contributed by atoms with Crippen LogP contribution in [0.4, 0.5) is 4.39 Å². The Kier molecular flexibility index (Phi) is 3.94. The van der Waals surface area contributed by atoms with Crippen LogP contribution in [0, 0.1) is 5.82 Å². The van der Waals surface area contributed by atoms with Gasteiger partial charge < -0.3 is 5.73 Å². The standard InChI is InChI=1S/C11H16FN3O2S/c12-9-5-11(8-14-7-9)18(16,17)15-4-2-1-3-10(15)6-13/h5,7-8,10H,1-4,6,13H2. The molecular weight excluding hydrogens is 257 g/mol. The van der Waals surface area contributed by atoms with Crippen LogP contribution in [0.25, 0.3) is 0 Å². The molecule has 0 aliphatic carbocycles. The van der Waals surface area contributed by atoms with Crippen molar-refractivity contribution in [3.8, 4) is 0 Å². The summed E-state index contributed by atoms with van der Waals surface area (Å²) >= 11 is 0. The predicted molar refractivity (Wildman–Crippen MR) is 64.8 cm³/mol. The molecule has 5 nitrogen and oxygen atoms in total. The van der Waals surface area contributed by atoms with Crippen molar-refractivity contribution in [2.45, 2.75) is 30.2 Å².